The number of hydrogen-bond donors (Lipinski definition) is 0. The molecule has 0 aliphatic rings. The highest BCUT2D eigenvalue weighted by molar-refractivity contribution is 9.10. The maximum atomic E-state index is 12.0. The summed E-state index contributed by atoms with van der Waals surface area (Å²) in [7, 11) is 0. The molecule has 2 aromatic rings. The van der Waals surface area contributed by atoms with Gasteiger partial charge in [0.1, 0.15) is 4.34 Å². The number of thiophene rings is 1. The highest BCUT2D eigenvalue weighted by Crippen LogP contribution is 2.32. The van der Waals surface area contributed by atoms with Crippen LogP contribution in [-0.2, 0) is 0 Å². The first-order valence-corrected chi connectivity index (χ1v) is 6.54. The zero-order valence-electron chi connectivity index (χ0n) is 7.71. The summed E-state index contributed by atoms with van der Waals surface area (Å²) in [4.78, 5) is 16.0. The molecule has 6 heteroatoms. The number of hydrogen-bond acceptors (Lipinski definition) is 3. The molecule has 0 radical (unpaired) electrons. The minimum absolute atomic E-state index is 0.179. The molecule has 0 aliphatic carbocycles. The molecule has 0 aliphatic heterocycles. The summed E-state index contributed by atoms with van der Waals surface area (Å²) in [6.07, 6.45) is 3.11. The van der Waals surface area contributed by atoms with E-state index in [1.807, 2.05) is 0 Å². The fraction of sp³-hybridized carbons (Fsp3) is 0. The Morgan fingerprint density at radius 3 is 2.62 bits per heavy atom. The van der Waals surface area contributed by atoms with Crippen molar-refractivity contribution in [2.45, 2.75) is 0 Å². The number of carbonyl (C=O) groups excluding carboxylic acids is 1. The second-order valence-electron chi connectivity index (χ2n) is 2.96. The number of ketones is 1. The Bertz CT molecular complexity index is 556. The summed E-state index contributed by atoms with van der Waals surface area (Å²) in [6, 6.07) is 3.26. The highest BCUT2D eigenvalue weighted by Gasteiger charge is 2.16. The standard InChI is InChI=1S/C10H4BrCl2NOS/c11-6-1-5(3-14-4-6)9(15)7-2-8(12)16-10(7)13/h1-4H. The maximum Gasteiger partial charge on any atom is 0.197 e. The van der Waals surface area contributed by atoms with Gasteiger partial charge in [0, 0.05) is 22.4 Å². The molecule has 2 heterocycles. The summed E-state index contributed by atoms with van der Waals surface area (Å²) in [5.41, 5.74) is 0.891. The van der Waals surface area contributed by atoms with Crippen LogP contribution in [0, 0.1) is 0 Å². The monoisotopic (exact) mass is 335 g/mol. The predicted molar refractivity (Wildman–Crippen MR) is 69.7 cm³/mol. The minimum Gasteiger partial charge on any atom is -0.288 e. The molecule has 0 atom stereocenters. The fourth-order valence-electron chi connectivity index (χ4n) is 1.19. The Morgan fingerprint density at radius 1 is 1.31 bits per heavy atom. The minimum atomic E-state index is -0.179. The van der Waals surface area contributed by atoms with E-state index >= 15 is 0 Å². The van der Waals surface area contributed by atoms with Crippen molar-refractivity contribution in [1.29, 1.82) is 0 Å². The van der Waals surface area contributed by atoms with Crippen molar-refractivity contribution in [2.75, 3.05) is 0 Å². The Morgan fingerprint density at radius 2 is 2.06 bits per heavy atom. The van der Waals surface area contributed by atoms with Crippen LogP contribution in [0.4, 0.5) is 0 Å². The van der Waals surface area contributed by atoms with E-state index in [1.165, 1.54) is 17.5 Å². The van der Waals surface area contributed by atoms with Crippen LogP contribution in [0.2, 0.25) is 8.67 Å². The molecule has 2 aromatic heterocycles. The quantitative estimate of drug-likeness (QED) is 0.759. The summed E-state index contributed by atoms with van der Waals surface area (Å²) in [5.74, 6) is -0.179. The summed E-state index contributed by atoms with van der Waals surface area (Å²) < 4.78 is 1.64. The lowest BCUT2D eigenvalue weighted by molar-refractivity contribution is 0.103. The normalized spacial score (nSPS) is 10.4. The van der Waals surface area contributed by atoms with E-state index in [2.05, 4.69) is 20.9 Å². The molecule has 2 rings (SSSR count). The largest absolute Gasteiger partial charge is 0.288 e. The second-order valence-corrected chi connectivity index (χ2v) is 6.16. The highest BCUT2D eigenvalue weighted by atomic mass is 79.9. The van der Waals surface area contributed by atoms with E-state index in [4.69, 9.17) is 23.2 Å². The van der Waals surface area contributed by atoms with Crippen molar-refractivity contribution < 1.29 is 4.79 Å². The van der Waals surface area contributed by atoms with Crippen molar-refractivity contribution in [1.82, 2.24) is 4.98 Å². The molecular weight excluding hydrogens is 333 g/mol. The molecule has 0 N–H and O–H groups in total. The van der Waals surface area contributed by atoms with Gasteiger partial charge in [-0.2, -0.15) is 0 Å². The molecule has 0 spiro atoms. The average Bonchev–Trinajstić information content (AvgIpc) is 2.57. The molecular formula is C10H4BrCl2NOS. The Labute approximate surface area is 114 Å². The van der Waals surface area contributed by atoms with Gasteiger partial charge in [-0.1, -0.05) is 23.2 Å². The Balaban J connectivity index is 2.43. The number of nitrogens with zero attached hydrogens (tertiary/aromatic N) is 1. The zero-order chi connectivity index (χ0) is 11.7. The van der Waals surface area contributed by atoms with Crippen LogP contribution in [0.25, 0.3) is 0 Å². The SMILES string of the molecule is O=C(c1cncc(Br)c1)c1cc(Cl)sc1Cl. The number of rotatable bonds is 2. The van der Waals surface area contributed by atoms with Crippen LogP contribution in [0.3, 0.4) is 0 Å². The van der Waals surface area contributed by atoms with Crippen LogP contribution in [0.5, 0.6) is 0 Å². The van der Waals surface area contributed by atoms with Gasteiger partial charge >= 0.3 is 0 Å². The van der Waals surface area contributed by atoms with Gasteiger partial charge in [-0.05, 0) is 28.1 Å². The lowest BCUT2D eigenvalue weighted by Gasteiger charge is -1.99. The molecule has 0 amide bonds. The average molecular weight is 337 g/mol. The van der Waals surface area contributed by atoms with Gasteiger partial charge in [-0.25, -0.2) is 0 Å². The first-order valence-electron chi connectivity index (χ1n) is 4.18. The van der Waals surface area contributed by atoms with Gasteiger partial charge in [-0.15, -0.1) is 11.3 Å². The number of carbonyl (C=O) groups is 1. The van der Waals surface area contributed by atoms with Gasteiger partial charge in [0.2, 0.25) is 0 Å². The molecule has 0 saturated heterocycles. The Hall–Kier alpha value is -0.420. The molecule has 0 saturated carbocycles. The predicted octanol–water partition coefficient (Wildman–Crippen LogP) is 4.44. The zero-order valence-corrected chi connectivity index (χ0v) is 11.6. The lowest BCUT2D eigenvalue weighted by Crippen LogP contribution is -2.00. The summed E-state index contributed by atoms with van der Waals surface area (Å²) >= 11 is 16.1. The molecule has 0 fully saturated rings. The van der Waals surface area contributed by atoms with E-state index < -0.39 is 0 Å². The van der Waals surface area contributed by atoms with E-state index in [9.17, 15) is 4.79 Å². The molecule has 0 bridgehead atoms. The first-order chi connectivity index (χ1) is 7.58. The van der Waals surface area contributed by atoms with Crippen LogP contribution in [-0.4, -0.2) is 10.8 Å². The third kappa shape index (κ3) is 2.46. The number of halogens is 3. The van der Waals surface area contributed by atoms with E-state index in [0.717, 1.165) is 4.47 Å². The lowest BCUT2D eigenvalue weighted by atomic mass is 10.1. The van der Waals surface area contributed by atoms with Gasteiger partial charge in [0.05, 0.1) is 9.90 Å². The van der Waals surface area contributed by atoms with Crippen LogP contribution in [0.1, 0.15) is 15.9 Å². The molecule has 82 valence electrons. The number of pyridine rings is 1. The van der Waals surface area contributed by atoms with Crippen molar-refractivity contribution in [3.05, 3.63) is 48.8 Å². The van der Waals surface area contributed by atoms with Crippen LogP contribution in [0.15, 0.2) is 29.0 Å². The van der Waals surface area contributed by atoms with Crippen molar-refractivity contribution in [3.63, 3.8) is 0 Å². The van der Waals surface area contributed by atoms with E-state index in [0.29, 0.717) is 19.8 Å². The third-order valence-corrected chi connectivity index (χ3v) is 3.79. The van der Waals surface area contributed by atoms with Crippen molar-refractivity contribution in [2.24, 2.45) is 0 Å². The summed E-state index contributed by atoms with van der Waals surface area (Å²) in [6.45, 7) is 0. The maximum absolute atomic E-state index is 12.0. The molecule has 2 nitrogen and oxygen atoms in total. The first kappa shape index (κ1) is 12.0. The second kappa shape index (κ2) is 4.84. The van der Waals surface area contributed by atoms with E-state index in [-0.39, 0.29) is 5.78 Å². The van der Waals surface area contributed by atoms with Gasteiger partial charge in [0.15, 0.2) is 5.78 Å². The third-order valence-electron chi connectivity index (χ3n) is 1.87. The van der Waals surface area contributed by atoms with Gasteiger partial charge in [-0.3, -0.25) is 9.78 Å². The van der Waals surface area contributed by atoms with Crippen molar-refractivity contribution >= 4 is 56.3 Å². The van der Waals surface area contributed by atoms with Gasteiger partial charge < -0.3 is 0 Å². The topological polar surface area (TPSA) is 30.0 Å². The smallest absolute Gasteiger partial charge is 0.197 e. The van der Waals surface area contributed by atoms with E-state index in [1.54, 1.807) is 18.3 Å². The molecule has 16 heavy (non-hydrogen) atoms. The van der Waals surface area contributed by atoms with Gasteiger partial charge in [0.25, 0.3) is 0 Å². The van der Waals surface area contributed by atoms with Crippen LogP contribution >= 0.6 is 50.5 Å². The fourth-order valence-corrected chi connectivity index (χ4v) is 3.01. The Kier molecular flexibility index (Phi) is 3.64. The summed E-state index contributed by atoms with van der Waals surface area (Å²) in [5, 5.41) is 0. The van der Waals surface area contributed by atoms with Crippen molar-refractivity contribution in [3.8, 4) is 0 Å². The number of aromatic nitrogens is 1. The van der Waals surface area contributed by atoms with Crippen LogP contribution < -0.4 is 0 Å². The molecule has 0 aromatic carbocycles. The molecule has 0 unspecified atom stereocenters.